The number of sulfone groups is 1. The van der Waals surface area contributed by atoms with Crippen molar-refractivity contribution in [2.45, 2.75) is 33.7 Å². The number of anilines is 1. The first-order chi connectivity index (χ1) is 9.78. The Morgan fingerprint density at radius 3 is 2.62 bits per heavy atom. The first kappa shape index (κ1) is 14.3. The normalized spacial score (nSPS) is 21.2. The lowest BCUT2D eigenvalue weighted by atomic mass is 10.1. The van der Waals surface area contributed by atoms with E-state index in [0.717, 1.165) is 28.7 Å². The van der Waals surface area contributed by atoms with Crippen LogP contribution in [-0.4, -0.2) is 34.5 Å². The van der Waals surface area contributed by atoms with Gasteiger partial charge in [0.15, 0.2) is 9.84 Å². The molecule has 6 nitrogen and oxygen atoms in total. The number of rotatable bonds is 2. The zero-order valence-corrected chi connectivity index (χ0v) is 13.4. The number of aryl methyl sites for hydroxylation is 2. The van der Waals surface area contributed by atoms with Crippen molar-refractivity contribution in [3.8, 4) is 0 Å². The molecule has 21 heavy (non-hydrogen) atoms. The van der Waals surface area contributed by atoms with E-state index >= 15 is 0 Å². The van der Waals surface area contributed by atoms with E-state index in [1.54, 1.807) is 0 Å². The zero-order chi connectivity index (χ0) is 15.4. The van der Waals surface area contributed by atoms with E-state index in [1.165, 1.54) is 0 Å². The second-order valence-electron chi connectivity index (χ2n) is 5.94. The Kier molecular flexibility index (Phi) is 3.20. The van der Waals surface area contributed by atoms with Crippen molar-refractivity contribution in [2.75, 3.05) is 17.2 Å². The quantitative estimate of drug-likeness (QED) is 0.905. The maximum atomic E-state index is 11.6. The molecule has 0 amide bonds. The van der Waals surface area contributed by atoms with E-state index < -0.39 is 9.84 Å². The minimum absolute atomic E-state index is 0.153. The summed E-state index contributed by atoms with van der Waals surface area (Å²) >= 11 is 0. The number of nitrogen functional groups attached to an aromatic ring is 1. The predicted octanol–water partition coefficient (Wildman–Crippen LogP) is 1.37. The molecule has 0 saturated carbocycles. The molecule has 7 heteroatoms. The van der Waals surface area contributed by atoms with Gasteiger partial charge in [-0.1, -0.05) is 0 Å². The Morgan fingerprint density at radius 2 is 2.00 bits per heavy atom. The molecule has 1 fully saturated rings. The van der Waals surface area contributed by atoms with Crippen LogP contribution in [0.25, 0.3) is 11.0 Å². The number of aromatic nitrogens is 3. The fourth-order valence-corrected chi connectivity index (χ4v) is 5.02. The van der Waals surface area contributed by atoms with E-state index in [9.17, 15) is 8.42 Å². The molecule has 1 saturated heterocycles. The van der Waals surface area contributed by atoms with Gasteiger partial charge in [0, 0.05) is 12.2 Å². The molecule has 1 aliphatic heterocycles. The van der Waals surface area contributed by atoms with Gasteiger partial charge in [-0.05, 0) is 38.7 Å². The molecule has 0 aliphatic carbocycles. The number of fused-ring (bicyclic) bond motifs is 1. The topological polar surface area (TPSA) is 90.9 Å². The van der Waals surface area contributed by atoms with E-state index in [-0.39, 0.29) is 11.7 Å². The van der Waals surface area contributed by atoms with Crippen LogP contribution in [0.4, 0.5) is 5.82 Å². The molecule has 1 aliphatic rings. The number of nitrogens with two attached hydrogens (primary N) is 1. The summed E-state index contributed by atoms with van der Waals surface area (Å²) in [5.74, 6) is 1.85. The van der Waals surface area contributed by atoms with Crippen molar-refractivity contribution in [1.82, 2.24) is 14.5 Å². The van der Waals surface area contributed by atoms with Gasteiger partial charge in [-0.2, -0.15) is 0 Å². The summed E-state index contributed by atoms with van der Waals surface area (Å²) < 4.78 is 25.4. The monoisotopic (exact) mass is 308 g/mol. The average Bonchev–Trinajstić information content (AvgIpc) is 2.82. The molecular formula is C14H20N4O2S. The summed E-state index contributed by atoms with van der Waals surface area (Å²) in [4.78, 5) is 8.75. The van der Waals surface area contributed by atoms with Crippen LogP contribution in [0.1, 0.15) is 23.5 Å². The molecule has 1 unspecified atom stereocenters. The Hall–Kier alpha value is -1.63. The highest BCUT2D eigenvalue weighted by molar-refractivity contribution is 7.91. The fourth-order valence-electron chi connectivity index (χ4n) is 3.17. The molecule has 0 radical (unpaired) electrons. The SMILES string of the molecule is Cc1nc(N)c2c(C)c(C)n(CC3CCS(=O)(=O)C3)c2n1. The van der Waals surface area contributed by atoms with Gasteiger partial charge in [0.2, 0.25) is 0 Å². The number of hydrogen-bond acceptors (Lipinski definition) is 5. The zero-order valence-electron chi connectivity index (χ0n) is 12.5. The van der Waals surface area contributed by atoms with E-state index in [0.29, 0.717) is 23.9 Å². The van der Waals surface area contributed by atoms with Gasteiger partial charge in [-0.25, -0.2) is 18.4 Å². The van der Waals surface area contributed by atoms with Crippen LogP contribution in [0.3, 0.4) is 0 Å². The lowest BCUT2D eigenvalue weighted by Crippen LogP contribution is -2.14. The fraction of sp³-hybridized carbons (Fsp3) is 0.571. The third-order valence-corrected chi connectivity index (χ3v) is 6.21. The van der Waals surface area contributed by atoms with Gasteiger partial charge in [0.1, 0.15) is 17.3 Å². The van der Waals surface area contributed by atoms with Crippen LogP contribution in [0.15, 0.2) is 0 Å². The predicted molar refractivity (Wildman–Crippen MR) is 82.9 cm³/mol. The number of hydrogen-bond donors (Lipinski definition) is 1. The lowest BCUT2D eigenvalue weighted by molar-refractivity contribution is 0.492. The van der Waals surface area contributed by atoms with E-state index in [4.69, 9.17) is 5.73 Å². The summed E-state index contributed by atoms with van der Waals surface area (Å²) in [6, 6.07) is 0. The van der Waals surface area contributed by atoms with Crippen LogP contribution < -0.4 is 5.73 Å². The lowest BCUT2D eigenvalue weighted by Gasteiger charge is -2.12. The van der Waals surface area contributed by atoms with Crippen molar-refractivity contribution >= 4 is 26.7 Å². The number of nitrogens with zero attached hydrogens (tertiary/aromatic N) is 3. The molecule has 0 aromatic carbocycles. The highest BCUT2D eigenvalue weighted by Crippen LogP contribution is 2.30. The van der Waals surface area contributed by atoms with Gasteiger partial charge < -0.3 is 10.3 Å². The smallest absolute Gasteiger partial charge is 0.150 e. The van der Waals surface area contributed by atoms with Crippen LogP contribution in [0, 0.1) is 26.7 Å². The average molecular weight is 308 g/mol. The van der Waals surface area contributed by atoms with Gasteiger partial charge in [-0.3, -0.25) is 0 Å². The minimum atomic E-state index is -2.86. The van der Waals surface area contributed by atoms with Crippen LogP contribution in [-0.2, 0) is 16.4 Å². The minimum Gasteiger partial charge on any atom is -0.383 e. The summed E-state index contributed by atoms with van der Waals surface area (Å²) in [7, 11) is -2.86. The summed E-state index contributed by atoms with van der Waals surface area (Å²) in [5, 5.41) is 0.888. The van der Waals surface area contributed by atoms with E-state index in [2.05, 4.69) is 14.5 Å². The third kappa shape index (κ3) is 2.39. The Balaban J connectivity index is 2.08. The first-order valence-corrected chi connectivity index (χ1v) is 8.90. The molecule has 2 aromatic rings. The molecule has 2 N–H and O–H groups in total. The highest BCUT2D eigenvalue weighted by atomic mass is 32.2. The first-order valence-electron chi connectivity index (χ1n) is 7.08. The molecule has 1 atom stereocenters. The van der Waals surface area contributed by atoms with Crippen molar-refractivity contribution in [2.24, 2.45) is 5.92 Å². The molecular weight excluding hydrogens is 288 g/mol. The Bertz CT molecular complexity index is 823. The summed E-state index contributed by atoms with van der Waals surface area (Å²) in [6.45, 7) is 6.52. The third-order valence-electron chi connectivity index (χ3n) is 4.38. The largest absolute Gasteiger partial charge is 0.383 e. The second-order valence-corrected chi connectivity index (χ2v) is 8.17. The summed E-state index contributed by atoms with van der Waals surface area (Å²) in [5.41, 5.74) is 9.01. The maximum Gasteiger partial charge on any atom is 0.150 e. The maximum absolute atomic E-state index is 11.6. The standard InChI is InChI=1S/C14H20N4O2S/c1-8-9(2)18(6-11-4-5-21(19,20)7-11)14-12(8)13(15)16-10(3)17-14/h11H,4-7H2,1-3H3,(H2,15,16,17). The molecule has 3 heterocycles. The Morgan fingerprint density at radius 1 is 1.29 bits per heavy atom. The molecule has 2 aromatic heterocycles. The van der Waals surface area contributed by atoms with Crippen molar-refractivity contribution in [1.29, 1.82) is 0 Å². The highest BCUT2D eigenvalue weighted by Gasteiger charge is 2.29. The van der Waals surface area contributed by atoms with Crippen LogP contribution in [0.2, 0.25) is 0 Å². The molecule has 0 spiro atoms. The Labute approximate surface area is 124 Å². The van der Waals surface area contributed by atoms with Crippen LogP contribution >= 0.6 is 0 Å². The summed E-state index contributed by atoms with van der Waals surface area (Å²) in [6.07, 6.45) is 0.722. The molecule has 0 bridgehead atoms. The van der Waals surface area contributed by atoms with Crippen molar-refractivity contribution in [3.63, 3.8) is 0 Å². The van der Waals surface area contributed by atoms with Crippen LogP contribution in [0.5, 0.6) is 0 Å². The van der Waals surface area contributed by atoms with Gasteiger partial charge in [-0.15, -0.1) is 0 Å². The van der Waals surface area contributed by atoms with Gasteiger partial charge >= 0.3 is 0 Å². The van der Waals surface area contributed by atoms with Gasteiger partial charge in [0.25, 0.3) is 0 Å². The van der Waals surface area contributed by atoms with Crippen molar-refractivity contribution < 1.29 is 8.42 Å². The van der Waals surface area contributed by atoms with Crippen molar-refractivity contribution in [3.05, 3.63) is 17.1 Å². The molecule has 3 rings (SSSR count). The molecule has 114 valence electrons. The second kappa shape index (κ2) is 4.69. The van der Waals surface area contributed by atoms with Gasteiger partial charge in [0.05, 0.1) is 16.9 Å². The van der Waals surface area contributed by atoms with E-state index in [1.807, 2.05) is 20.8 Å².